The summed E-state index contributed by atoms with van der Waals surface area (Å²) in [6.45, 7) is 9.86. The van der Waals surface area contributed by atoms with Gasteiger partial charge in [-0.15, -0.1) is 6.58 Å². The second-order valence-corrected chi connectivity index (χ2v) is 4.31. The fraction of sp³-hybridized carbons (Fsp3) is 0.636. The van der Waals surface area contributed by atoms with E-state index in [1.165, 1.54) is 0 Å². The van der Waals surface area contributed by atoms with E-state index in [1.54, 1.807) is 6.08 Å². The van der Waals surface area contributed by atoms with Crippen LogP contribution in [0, 0.1) is 5.92 Å². The molecule has 0 saturated heterocycles. The average Bonchev–Trinajstić information content (AvgIpc) is 2.45. The zero-order valence-electron chi connectivity index (χ0n) is 9.04. The summed E-state index contributed by atoms with van der Waals surface area (Å²) in [4.78, 5) is 16.0. The number of Topliss-reactive ketones (excluding diaryl/α,β-unsaturated/α-hetero) is 1. The van der Waals surface area contributed by atoms with Gasteiger partial charge in [0, 0.05) is 5.92 Å². The van der Waals surface area contributed by atoms with Crippen LogP contribution in [-0.4, -0.2) is 23.8 Å². The number of ether oxygens (including phenoxy) is 1. The molecule has 1 atom stereocenters. The molecule has 14 heavy (non-hydrogen) atoms. The van der Waals surface area contributed by atoms with Gasteiger partial charge in [0.2, 0.25) is 5.78 Å². The third-order valence-electron chi connectivity index (χ3n) is 2.14. The number of ketones is 1. The summed E-state index contributed by atoms with van der Waals surface area (Å²) in [5.41, 5.74) is -0.251. The van der Waals surface area contributed by atoms with E-state index in [0.717, 1.165) is 0 Å². The van der Waals surface area contributed by atoms with Gasteiger partial charge in [-0.2, -0.15) is 0 Å². The van der Waals surface area contributed by atoms with Crippen LogP contribution in [0.4, 0.5) is 0 Å². The zero-order valence-corrected chi connectivity index (χ0v) is 9.04. The fourth-order valence-corrected chi connectivity index (χ4v) is 1.28. The molecule has 1 rings (SSSR count). The van der Waals surface area contributed by atoms with Crippen LogP contribution in [0.3, 0.4) is 0 Å². The van der Waals surface area contributed by atoms with Crippen molar-refractivity contribution in [2.45, 2.75) is 32.7 Å². The van der Waals surface area contributed by atoms with Gasteiger partial charge in [0.05, 0.1) is 5.54 Å². The number of allylic oxidation sites excluding steroid dienone is 1. The molecule has 0 aromatic rings. The van der Waals surface area contributed by atoms with E-state index >= 15 is 0 Å². The van der Waals surface area contributed by atoms with Crippen LogP contribution in [-0.2, 0) is 9.53 Å². The Labute approximate surface area is 84.9 Å². The summed E-state index contributed by atoms with van der Waals surface area (Å²) in [5.74, 6) is 0.181. The van der Waals surface area contributed by atoms with Crippen molar-refractivity contribution in [3.8, 4) is 0 Å². The molecule has 3 nitrogen and oxygen atoms in total. The molecule has 0 aromatic carbocycles. The largest absolute Gasteiger partial charge is 0.473 e. The smallest absolute Gasteiger partial charge is 0.254 e. The molecular formula is C11H17NO2. The predicted octanol–water partition coefficient (Wildman–Crippen LogP) is 1.98. The van der Waals surface area contributed by atoms with Gasteiger partial charge in [-0.1, -0.05) is 13.0 Å². The summed E-state index contributed by atoms with van der Waals surface area (Å²) < 4.78 is 5.26. The Balaban J connectivity index is 2.67. The number of hydrogen-bond acceptors (Lipinski definition) is 3. The van der Waals surface area contributed by atoms with Crippen molar-refractivity contribution >= 4 is 11.7 Å². The normalized spacial score (nSPS) is 20.9. The highest BCUT2D eigenvalue weighted by molar-refractivity contribution is 6.37. The first kappa shape index (κ1) is 11.0. The van der Waals surface area contributed by atoms with Gasteiger partial charge in [0.25, 0.3) is 5.90 Å². The topological polar surface area (TPSA) is 38.7 Å². The predicted molar refractivity (Wildman–Crippen MR) is 56.5 cm³/mol. The van der Waals surface area contributed by atoms with Crippen molar-refractivity contribution in [2.24, 2.45) is 10.9 Å². The van der Waals surface area contributed by atoms with E-state index in [0.29, 0.717) is 13.0 Å². The molecule has 78 valence electrons. The van der Waals surface area contributed by atoms with E-state index in [-0.39, 0.29) is 23.1 Å². The molecule has 0 spiro atoms. The van der Waals surface area contributed by atoms with E-state index < -0.39 is 0 Å². The van der Waals surface area contributed by atoms with Gasteiger partial charge in [-0.05, 0) is 20.3 Å². The summed E-state index contributed by atoms with van der Waals surface area (Å²) in [5, 5.41) is 0. The van der Waals surface area contributed by atoms with Crippen molar-refractivity contribution in [2.75, 3.05) is 6.61 Å². The molecule has 0 aliphatic carbocycles. The first-order valence-corrected chi connectivity index (χ1v) is 4.84. The maximum absolute atomic E-state index is 11.7. The minimum Gasteiger partial charge on any atom is -0.473 e. The second kappa shape index (κ2) is 3.95. The molecule has 3 heteroatoms. The molecule has 0 N–H and O–H groups in total. The molecule has 1 heterocycles. The fourth-order valence-electron chi connectivity index (χ4n) is 1.28. The molecule has 0 bridgehead atoms. The maximum atomic E-state index is 11.7. The summed E-state index contributed by atoms with van der Waals surface area (Å²) >= 11 is 0. The van der Waals surface area contributed by atoms with E-state index in [4.69, 9.17) is 4.74 Å². The van der Waals surface area contributed by atoms with E-state index in [2.05, 4.69) is 11.6 Å². The summed E-state index contributed by atoms with van der Waals surface area (Å²) in [6, 6.07) is 0. The SMILES string of the molecule is C=CC[C@H](C)C(=O)C1=NC(C)(C)CO1. The lowest BCUT2D eigenvalue weighted by atomic mass is 10.0. The standard InChI is InChI=1S/C11H17NO2/c1-5-6-8(2)9(13)10-12-11(3,4)7-14-10/h5,8H,1,6-7H2,2-4H3/t8-/m0/s1. The van der Waals surface area contributed by atoms with Crippen LogP contribution >= 0.6 is 0 Å². The van der Waals surface area contributed by atoms with Crippen molar-refractivity contribution in [3.63, 3.8) is 0 Å². The molecule has 1 aliphatic heterocycles. The van der Waals surface area contributed by atoms with Crippen LogP contribution in [0.2, 0.25) is 0 Å². The molecule has 0 radical (unpaired) electrons. The van der Waals surface area contributed by atoms with Crippen molar-refractivity contribution in [3.05, 3.63) is 12.7 Å². The molecule has 0 amide bonds. The van der Waals surface area contributed by atoms with Crippen molar-refractivity contribution < 1.29 is 9.53 Å². The Morgan fingerprint density at radius 3 is 2.86 bits per heavy atom. The number of carbonyl (C=O) groups is 1. The maximum Gasteiger partial charge on any atom is 0.254 e. The quantitative estimate of drug-likeness (QED) is 0.643. The van der Waals surface area contributed by atoms with E-state index in [9.17, 15) is 4.79 Å². The number of rotatable bonds is 4. The number of carbonyl (C=O) groups excluding carboxylic acids is 1. The van der Waals surface area contributed by atoms with Crippen LogP contribution < -0.4 is 0 Å². The number of nitrogens with zero attached hydrogens (tertiary/aromatic N) is 1. The molecule has 0 saturated carbocycles. The van der Waals surface area contributed by atoms with Crippen molar-refractivity contribution in [1.29, 1.82) is 0 Å². The Bertz CT molecular complexity index is 279. The van der Waals surface area contributed by atoms with Gasteiger partial charge >= 0.3 is 0 Å². The highest BCUT2D eigenvalue weighted by atomic mass is 16.5. The lowest BCUT2D eigenvalue weighted by molar-refractivity contribution is -0.117. The van der Waals surface area contributed by atoms with Crippen LogP contribution in [0.1, 0.15) is 27.2 Å². The summed E-state index contributed by atoms with van der Waals surface area (Å²) in [7, 11) is 0. The highest BCUT2D eigenvalue weighted by Crippen LogP contribution is 2.19. The van der Waals surface area contributed by atoms with Crippen LogP contribution in [0.5, 0.6) is 0 Å². The minimum atomic E-state index is -0.251. The van der Waals surface area contributed by atoms with Gasteiger partial charge in [0.15, 0.2) is 0 Å². The van der Waals surface area contributed by atoms with Crippen LogP contribution in [0.15, 0.2) is 17.6 Å². The van der Waals surface area contributed by atoms with Gasteiger partial charge in [-0.25, -0.2) is 4.99 Å². The second-order valence-electron chi connectivity index (χ2n) is 4.31. The van der Waals surface area contributed by atoms with E-state index in [1.807, 2.05) is 20.8 Å². The molecule has 0 unspecified atom stereocenters. The zero-order chi connectivity index (χ0) is 10.8. The Morgan fingerprint density at radius 2 is 2.43 bits per heavy atom. The third kappa shape index (κ3) is 2.44. The monoisotopic (exact) mass is 195 g/mol. The Morgan fingerprint density at radius 1 is 1.79 bits per heavy atom. The Hall–Kier alpha value is -1.12. The Kier molecular flexibility index (Phi) is 3.09. The summed E-state index contributed by atoms with van der Waals surface area (Å²) in [6.07, 6.45) is 2.41. The molecular weight excluding hydrogens is 178 g/mol. The third-order valence-corrected chi connectivity index (χ3v) is 2.14. The lowest BCUT2D eigenvalue weighted by Crippen LogP contribution is -2.21. The van der Waals surface area contributed by atoms with Gasteiger partial charge in [-0.3, -0.25) is 4.79 Å². The van der Waals surface area contributed by atoms with Crippen LogP contribution in [0.25, 0.3) is 0 Å². The molecule has 0 aromatic heterocycles. The molecule has 0 fully saturated rings. The number of hydrogen-bond donors (Lipinski definition) is 0. The highest BCUT2D eigenvalue weighted by Gasteiger charge is 2.31. The first-order chi connectivity index (χ1) is 6.46. The lowest BCUT2D eigenvalue weighted by Gasteiger charge is -2.07. The van der Waals surface area contributed by atoms with Gasteiger partial charge in [0.1, 0.15) is 6.61 Å². The minimum absolute atomic E-state index is 0.0181. The first-order valence-electron chi connectivity index (χ1n) is 4.84. The molecule has 1 aliphatic rings. The number of aliphatic imine (C=N–C) groups is 1. The van der Waals surface area contributed by atoms with Gasteiger partial charge < -0.3 is 4.74 Å². The van der Waals surface area contributed by atoms with Crippen molar-refractivity contribution in [1.82, 2.24) is 0 Å². The average molecular weight is 195 g/mol.